The van der Waals surface area contributed by atoms with Crippen molar-refractivity contribution >= 4 is 0 Å². The van der Waals surface area contributed by atoms with E-state index in [9.17, 15) is 5.11 Å². The number of hydrogen-bond acceptors (Lipinski definition) is 4. The monoisotopic (exact) mass is 278 g/mol. The van der Waals surface area contributed by atoms with Crippen molar-refractivity contribution in [2.45, 2.75) is 56.8 Å². The second-order valence-electron chi connectivity index (χ2n) is 6.77. The Bertz CT molecular complexity index is 466. The van der Waals surface area contributed by atoms with Crippen molar-refractivity contribution in [3.8, 4) is 0 Å². The van der Waals surface area contributed by atoms with Gasteiger partial charge in [-0.05, 0) is 33.1 Å². The van der Waals surface area contributed by atoms with E-state index in [0.717, 1.165) is 18.2 Å². The molecule has 2 aliphatic rings. The van der Waals surface area contributed by atoms with Crippen molar-refractivity contribution < 1.29 is 5.11 Å². The summed E-state index contributed by atoms with van der Waals surface area (Å²) in [5, 5.41) is 18.3. The Balaban J connectivity index is 1.54. The fourth-order valence-corrected chi connectivity index (χ4v) is 3.26. The maximum absolute atomic E-state index is 10.6. The van der Waals surface area contributed by atoms with E-state index in [-0.39, 0.29) is 0 Å². The molecule has 1 saturated carbocycles. The molecule has 3 rings (SSSR count). The molecule has 2 heterocycles. The summed E-state index contributed by atoms with van der Waals surface area (Å²) in [5.74, 6) is 0. The molecule has 0 spiro atoms. The Kier molecular flexibility index (Phi) is 3.60. The molecule has 0 bridgehead atoms. The lowest BCUT2D eigenvalue weighted by Gasteiger charge is -2.25. The van der Waals surface area contributed by atoms with Crippen molar-refractivity contribution in [1.29, 1.82) is 0 Å². The summed E-state index contributed by atoms with van der Waals surface area (Å²) < 4.78 is 1.73. The zero-order chi connectivity index (χ0) is 14.3. The molecule has 2 N–H and O–H groups in total. The van der Waals surface area contributed by atoms with Crippen LogP contribution in [0.15, 0.2) is 12.4 Å². The van der Waals surface area contributed by atoms with Gasteiger partial charge in [-0.15, -0.1) is 0 Å². The maximum Gasteiger partial charge on any atom is 0.102 e. The van der Waals surface area contributed by atoms with Crippen molar-refractivity contribution in [3.05, 3.63) is 18.0 Å². The molecule has 5 heteroatoms. The van der Waals surface area contributed by atoms with Gasteiger partial charge in [0.05, 0.1) is 6.20 Å². The summed E-state index contributed by atoms with van der Waals surface area (Å²) in [7, 11) is 1.87. The molecular formula is C15H26N4O. The van der Waals surface area contributed by atoms with Gasteiger partial charge in [-0.25, -0.2) is 0 Å². The summed E-state index contributed by atoms with van der Waals surface area (Å²) in [4.78, 5) is 2.62. The molecule has 1 aliphatic heterocycles. The molecule has 1 aromatic rings. The van der Waals surface area contributed by atoms with Crippen LogP contribution in [0.2, 0.25) is 0 Å². The highest BCUT2D eigenvalue weighted by Crippen LogP contribution is 2.33. The molecular weight excluding hydrogens is 252 g/mol. The quantitative estimate of drug-likeness (QED) is 0.838. The van der Waals surface area contributed by atoms with Gasteiger partial charge in [0, 0.05) is 50.0 Å². The fraction of sp³-hybridized carbons (Fsp3) is 0.800. The lowest BCUT2D eigenvalue weighted by Crippen LogP contribution is -2.42. The average molecular weight is 278 g/mol. The van der Waals surface area contributed by atoms with E-state index in [1.54, 1.807) is 10.9 Å². The van der Waals surface area contributed by atoms with Crippen LogP contribution in [0.4, 0.5) is 0 Å². The molecule has 0 amide bonds. The van der Waals surface area contributed by atoms with Gasteiger partial charge in [0.2, 0.25) is 0 Å². The normalized spacial score (nSPS) is 30.6. The van der Waals surface area contributed by atoms with Crippen LogP contribution in [0, 0.1) is 0 Å². The minimum Gasteiger partial charge on any atom is -0.384 e. The largest absolute Gasteiger partial charge is 0.384 e. The molecule has 1 aliphatic carbocycles. The number of nitrogens with zero attached hydrogens (tertiary/aromatic N) is 3. The minimum absolute atomic E-state index is 0.494. The SMILES string of the molecule is CC1CC(NCC(C)(O)c2cnn(C)c2)CN1C1CC1. The zero-order valence-electron chi connectivity index (χ0n) is 12.7. The van der Waals surface area contributed by atoms with E-state index >= 15 is 0 Å². The summed E-state index contributed by atoms with van der Waals surface area (Å²) in [6, 6.07) is 1.99. The number of rotatable bonds is 5. The van der Waals surface area contributed by atoms with Crippen LogP contribution in [0.1, 0.15) is 38.7 Å². The average Bonchev–Trinajstić information content (AvgIpc) is 3.02. The predicted octanol–water partition coefficient (Wildman–Crippen LogP) is 0.842. The van der Waals surface area contributed by atoms with Crippen molar-refractivity contribution in [1.82, 2.24) is 20.0 Å². The van der Waals surface area contributed by atoms with Gasteiger partial charge in [0.15, 0.2) is 0 Å². The third kappa shape index (κ3) is 2.90. The summed E-state index contributed by atoms with van der Waals surface area (Å²) >= 11 is 0. The molecule has 1 saturated heterocycles. The summed E-state index contributed by atoms with van der Waals surface area (Å²) in [5.41, 5.74) is 0.0161. The number of nitrogens with one attached hydrogen (secondary N) is 1. The smallest absolute Gasteiger partial charge is 0.102 e. The molecule has 20 heavy (non-hydrogen) atoms. The second kappa shape index (κ2) is 5.13. The standard InChI is InChI=1S/C15H26N4O/c1-11-6-13(9-19(11)14-4-5-14)16-10-15(2,20)12-7-17-18(3)8-12/h7-8,11,13-14,16,20H,4-6,9-10H2,1-3H3. The van der Waals surface area contributed by atoms with E-state index in [0.29, 0.717) is 18.6 Å². The highest BCUT2D eigenvalue weighted by molar-refractivity contribution is 5.14. The summed E-state index contributed by atoms with van der Waals surface area (Å²) in [6.45, 7) is 5.87. The lowest BCUT2D eigenvalue weighted by atomic mass is 9.99. The van der Waals surface area contributed by atoms with Gasteiger partial charge in [0.25, 0.3) is 0 Å². The second-order valence-corrected chi connectivity index (χ2v) is 6.77. The fourth-order valence-electron chi connectivity index (χ4n) is 3.26. The number of aliphatic hydroxyl groups is 1. The number of likely N-dealkylation sites (tertiary alicyclic amines) is 1. The van der Waals surface area contributed by atoms with Gasteiger partial charge >= 0.3 is 0 Å². The van der Waals surface area contributed by atoms with Crippen LogP contribution in [-0.4, -0.2) is 51.0 Å². The molecule has 3 atom stereocenters. The van der Waals surface area contributed by atoms with Gasteiger partial charge < -0.3 is 10.4 Å². The van der Waals surface area contributed by atoms with Crippen molar-refractivity contribution in [3.63, 3.8) is 0 Å². The maximum atomic E-state index is 10.6. The Hall–Kier alpha value is -0.910. The van der Waals surface area contributed by atoms with Gasteiger partial charge in [-0.1, -0.05) is 0 Å². The number of aryl methyl sites for hydroxylation is 1. The van der Waals surface area contributed by atoms with Crippen LogP contribution in [-0.2, 0) is 12.6 Å². The molecule has 0 radical (unpaired) electrons. The summed E-state index contributed by atoms with van der Waals surface area (Å²) in [6.07, 6.45) is 7.54. The van der Waals surface area contributed by atoms with Gasteiger partial charge in [0.1, 0.15) is 5.60 Å². The molecule has 2 fully saturated rings. The van der Waals surface area contributed by atoms with Crippen LogP contribution >= 0.6 is 0 Å². The van der Waals surface area contributed by atoms with E-state index in [2.05, 4.69) is 22.2 Å². The van der Waals surface area contributed by atoms with Crippen LogP contribution in [0.25, 0.3) is 0 Å². The first kappa shape index (κ1) is 14.0. The third-order valence-electron chi connectivity index (χ3n) is 4.70. The van der Waals surface area contributed by atoms with Crippen LogP contribution in [0.3, 0.4) is 0 Å². The van der Waals surface area contributed by atoms with E-state index in [1.807, 2.05) is 20.2 Å². The van der Waals surface area contributed by atoms with Crippen molar-refractivity contribution in [2.75, 3.05) is 13.1 Å². The molecule has 0 aromatic carbocycles. The van der Waals surface area contributed by atoms with E-state index in [4.69, 9.17) is 0 Å². The highest BCUT2D eigenvalue weighted by atomic mass is 16.3. The van der Waals surface area contributed by atoms with Crippen LogP contribution in [0.5, 0.6) is 0 Å². The first-order valence-corrected chi connectivity index (χ1v) is 7.66. The minimum atomic E-state index is -0.857. The molecule has 1 aromatic heterocycles. The molecule has 3 unspecified atom stereocenters. The Morgan fingerprint density at radius 1 is 1.50 bits per heavy atom. The van der Waals surface area contributed by atoms with Gasteiger partial charge in [-0.3, -0.25) is 9.58 Å². The number of hydrogen-bond donors (Lipinski definition) is 2. The topological polar surface area (TPSA) is 53.3 Å². The molecule has 112 valence electrons. The Labute approximate surface area is 121 Å². The Morgan fingerprint density at radius 3 is 2.85 bits per heavy atom. The molecule has 5 nitrogen and oxygen atoms in total. The zero-order valence-corrected chi connectivity index (χ0v) is 12.7. The van der Waals surface area contributed by atoms with E-state index < -0.39 is 5.60 Å². The van der Waals surface area contributed by atoms with E-state index in [1.165, 1.54) is 19.3 Å². The van der Waals surface area contributed by atoms with Crippen molar-refractivity contribution in [2.24, 2.45) is 7.05 Å². The third-order valence-corrected chi connectivity index (χ3v) is 4.70. The Morgan fingerprint density at radius 2 is 2.25 bits per heavy atom. The van der Waals surface area contributed by atoms with Crippen LogP contribution < -0.4 is 5.32 Å². The first-order chi connectivity index (χ1) is 9.45. The lowest BCUT2D eigenvalue weighted by molar-refractivity contribution is 0.0539. The highest BCUT2D eigenvalue weighted by Gasteiger charge is 2.39. The predicted molar refractivity (Wildman–Crippen MR) is 78.4 cm³/mol. The van der Waals surface area contributed by atoms with Gasteiger partial charge in [-0.2, -0.15) is 5.10 Å². The number of aromatic nitrogens is 2. The first-order valence-electron chi connectivity index (χ1n) is 7.66.